The number of pyridine rings is 1. The molecule has 0 aliphatic heterocycles. The van der Waals surface area contributed by atoms with Crippen LogP contribution in [0.5, 0.6) is 5.88 Å². The van der Waals surface area contributed by atoms with Crippen molar-refractivity contribution < 1.29 is 10.2 Å². The molecule has 31 heavy (non-hydrogen) atoms. The van der Waals surface area contributed by atoms with Crippen molar-refractivity contribution in [3.63, 3.8) is 0 Å². The second kappa shape index (κ2) is 7.65. The molecule has 0 spiro atoms. The lowest BCUT2D eigenvalue weighted by atomic mass is 10.2. The number of fused-ring (bicyclic) bond motifs is 1. The van der Waals surface area contributed by atoms with Gasteiger partial charge in [0.05, 0.1) is 17.9 Å². The first-order chi connectivity index (χ1) is 15.1. The second-order valence-corrected chi connectivity index (χ2v) is 7.18. The predicted molar refractivity (Wildman–Crippen MR) is 109 cm³/mol. The van der Waals surface area contributed by atoms with Crippen LogP contribution in [0, 0.1) is 0 Å². The van der Waals surface area contributed by atoms with E-state index in [9.17, 15) is 15.0 Å². The lowest BCUT2D eigenvalue weighted by Gasteiger charge is -2.11. The summed E-state index contributed by atoms with van der Waals surface area (Å²) in [5.41, 5.74) is 1.04. The molecule has 5 N–H and O–H groups in total. The van der Waals surface area contributed by atoms with Gasteiger partial charge < -0.3 is 20.5 Å². The van der Waals surface area contributed by atoms with Crippen LogP contribution in [0.4, 0.5) is 5.95 Å². The van der Waals surface area contributed by atoms with Crippen molar-refractivity contribution in [3.05, 3.63) is 63.3 Å². The van der Waals surface area contributed by atoms with Gasteiger partial charge in [-0.3, -0.25) is 9.97 Å². The average molecular weight is 421 g/mol. The highest BCUT2D eigenvalue weighted by Crippen LogP contribution is 2.22. The van der Waals surface area contributed by atoms with E-state index in [1.165, 1.54) is 4.52 Å². The van der Waals surface area contributed by atoms with Crippen molar-refractivity contribution in [2.24, 2.45) is 4.99 Å². The molecule has 1 aliphatic carbocycles. The quantitative estimate of drug-likeness (QED) is 0.264. The molecule has 0 radical (unpaired) electrons. The SMILES string of the molecule is O=c1[nH]c(O)c(/C=c2\cnn3c(=NC4CC4)nc(NCC(O)c4ccccn4)nc23)[nH]1. The van der Waals surface area contributed by atoms with E-state index in [-0.39, 0.29) is 30.1 Å². The summed E-state index contributed by atoms with van der Waals surface area (Å²) in [6, 6.07) is 5.51. The maximum atomic E-state index is 11.4. The molecule has 4 aromatic heterocycles. The maximum Gasteiger partial charge on any atom is 0.326 e. The molecule has 1 aliphatic rings. The van der Waals surface area contributed by atoms with E-state index in [0.717, 1.165) is 12.8 Å². The third-order valence-corrected chi connectivity index (χ3v) is 4.74. The molecular weight excluding hydrogens is 402 g/mol. The Morgan fingerprint density at radius 3 is 2.90 bits per heavy atom. The molecule has 158 valence electrons. The van der Waals surface area contributed by atoms with E-state index >= 15 is 0 Å². The molecule has 0 bridgehead atoms. The van der Waals surface area contributed by atoms with Gasteiger partial charge in [-0.15, -0.1) is 0 Å². The first kappa shape index (κ1) is 18.9. The topological polar surface area (TPSA) is 169 Å². The van der Waals surface area contributed by atoms with Gasteiger partial charge in [-0.1, -0.05) is 6.07 Å². The minimum Gasteiger partial charge on any atom is -0.493 e. The number of aromatic nitrogens is 7. The number of nitrogens with zero attached hydrogens (tertiary/aromatic N) is 6. The number of aromatic amines is 2. The summed E-state index contributed by atoms with van der Waals surface area (Å²) in [7, 11) is 0. The molecule has 12 nitrogen and oxygen atoms in total. The molecule has 1 atom stereocenters. The summed E-state index contributed by atoms with van der Waals surface area (Å²) in [6.45, 7) is 0.148. The highest BCUT2D eigenvalue weighted by molar-refractivity contribution is 5.57. The number of nitrogens with one attached hydrogen (secondary N) is 3. The molecule has 5 rings (SSSR count). The summed E-state index contributed by atoms with van der Waals surface area (Å²) >= 11 is 0. The van der Waals surface area contributed by atoms with Gasteiger partial charge in [-0.05, 0) is 31.1 Å². The van der Waals surface area contributed by atoms with Crippen LogP contribution in [0.3, 0.4) is 0 Å². The first-order valence-corrected chi connectivity index (χ1v) is 9.72. The smallest absolute Gasteiger partial charge is 0.326 e. The Bertz CT molecular complexity index is 1400. The Balaban J connectivity index is 1.54. The van der Waals surface area contributed by atoms with Gasteiger partial charge in [0.15, 0.2) is 5.65 Å². The van der Waals surface area contributed by atoms with E-state index in [1.807, 2.05) is 0 Å². The minimum atomic E-state index is -0.845. The fourth-order valence-electron chi connectivity index (χ4n) is 3.02. The number of aromatic hydroxyl groups is 1. The first-order valence-electron chi connectivity index (χ1n) is 9.72. The third-order valence-electron chi connectivity index (χ3n) is 4.74. The third kappa shape index (κ3) is 4.00. The van der Waals surface area contributed by atoms with Crippen LogP contribution in [0.25, 0.3) is 11.7 Å². The van der Waals surface area contributed by atoms with Crippen LogP contribution in [0.15, 0.2) is 40.4 Å². The van der Waals surface area contributed by atoms with E-state index in [2.05, 4.69) is 40.3 Å². The number of aliphatic hydroxyl groups excluding tert-OH is 1. The fourth-order valence-corrected chi connectivity index (χ4v) is 3.02. The van der Waals surface area contributed by atoms with Crippen molar-refractivity contribution in [1.82, 2.24) is 34.5 Å². The Morgan fingerprint density at radius 2 is 2.19 bits per heavy atom. The second-order valence-electron chi connectivity index (χ2n) is 7.18. The minimum absolute atomic E-state index is 0.148. The van der Waals surface area contributed by atoms with Gasteiger partial charge in [-0.2, -0.15) is 19.6 Å². The van der Waals surface area contributed by atoms with Gasteiger partial charge >= 0.3 is 5.69 Å². The molecule has 0 aromatic carbocycles. The monoisotopic (exact) mass is 421 g/mol. The Morgan fingerprint density at radius 1 is 1.32 bits per heavy atom. The van der Waals surface area contributed by atoms with Crippen LogP contribution in [-0.2, 0) is 0 Å². The number of rotatable bonds is 6. The highest BCUT2D eigenvalue weighted by atomic mass is 16.3. The van der Waals surface area contributed by atoms with Crippen molar-refractivity contribution in [1.29, 1.82) is 0 Å². The van der Waals surface area contributed by atoms with Gasteiger partial charge in [-0.25, -0.2) is 9.79 Å². The molecule has 1 unspecified atom stereocenters. The van der Waals surface area contributed by atoms with Gasteiger partial charge in [0.25, 0.3) is 5.62 Å². The number of hydrogen-bond donors (Lipinski definition) is 5. The zero-order valence-electron chi connectivity index (χ0n) is 16.2. The Labute approximate surface area is 174 Å². The molecule has 1 saturated carbocycles. The van der Waals surface area contributed by atoms with Crippen LogP contribution >= 0.6 is 0 Å². The summed E-state index contributed by atoms with van der Waals surface area (Å²) in [4.78, 5) is 33.9. The number of hydrogen-bond acceptors (Lipinski definition) is 9. The zero-order chi connectivity index (χ0) is 21.4. The maximum absolute atomic E-state index is 11.4. The van der Waals surface area contributed by atoms with E-state index in [1.54, 1.807) is 36.7 Å². The van der Waals surface area contributed by atoms with E-state index in [0.29, 0.717) is 22.2 Å². The van der Waals surface area contributed by atoms with Crippen molar-refractivity contribution in [2.75, 3.05) is 11.9 Å². The Kier molecular flexibility index (Phi) is 4.67. The van der Waals surface area contributed by atoms with Gasteiger partial charge in [0, 0.05) is 18.0 Å². The average Bonchev–Trinajstić information content (AvgIpc) is 3.41. The van der Waals surface area contributed by atoms with Crippen molar-refractivity contribution in [2.45, 2.75) is 25.0 Å². The van der Waals surface area contributed by atoms with Crippen molar-refractivity contribution >= 4 is 17.7 Å². The zero-order valence-corrected chi connectivity index (χ0v) is 16.2. The van der Waals surface area contributed by atoms with E-state index in [4.69, 9.17) is 0 Å². The highest BCUT2D eigenvalue weighted by Gasteiger charge is 2.21. The number of anilines is 1. The number of imidazole rings is 1. The normalized spacial score (nSPS) is 16.2. The van der Waals surface area contributed by atoms with Crippen molar-refractivity contribution in [3.8, 4) is 5.88 Å². The molecule has 4 heterocycles. The predicted octanol–water partition coefficient (Wildman–Crippen LogP) is -1.00. The summed E-state index contributed by atoms with van der Waals surface area (Å²) in [5.74, 6) is -0.0121. The molecule has 1 fully saturated rings. The van der Waals surface area contributed by atoms with Crippen LogP contribution in [0.2, 0.25) is 0 Å². The largest absolute Gasteiger partial charge is 0.493 e. The molecular formula is C19H19N9O3. The van der Waals surface area contributed by atoms with Crippen LogP contribution in [-0.4, -0.2) is 57.3 Å². The van der Waals surface area contributed by atoms with Crippen LogP contribution < -0.4 is 21.8 Å². The molecule has 12 heteroatoms. The summed E-state index contributed by atoms with van der Waals surface area (Å²) in [6.07, 6.45) is 5.85. The lowest BCUT2D eigenvalue weighted by Crippen LogP contribution is -2.26. The molecule has 0 saturated heterocycles. The van der Waals surface area contributed by atoms with Gasteiger partial charge in [0.2, 0.25) is 11.8 Å². The van der Waals surface area contributed by atoms with Crippen LogP contribution in [0.1, 0.15) is 30.3 Å². The fraction of sp³-hybridized carbons (Fsp3) is 0.263. The number of H-pyrrole nitrogens is 2. The lowest BCUT2D eigenvalue weighted by molar-refractivity contribution is 0.186. The standard InChI is InChI=1S/C19H19N9O3/c29-14(12-3-1-2-6-20-12)9-21-17-25-15-10(7-13-16(30)26-19(31)24-13)8-22-28(15)18(27-17)23-11-4-5-11/h1-3,6-8,11,14,29-30H,4-5,9H2,(H,21,23,27)(H2,24,26,31)/b10-7+. The van der Waals surface area contributed by atoms with E-state index < -0.39 is 11.8 Å². The summed E-state index contributed by atoms with van der Waals surface area (Å²) < 4.78 is 1.51. The van der Waals surface area contributed by atoms with Gasteiger partial charge in [0.1, 0.15) is 11.8 Å². The summed E-state index contributed by atoms with van der Waals surface area (Å²) in [5, 5.41) is 28.1. The Hall–Kier alpha value is -4.06. The molecule has 4 aromatic rings. The number of aliphatic hydroxyl groups is 1. The molecule has 0 amide bonds.